The Labute approximate surface area is 181 Å². The number of hydrogen-bond acceptors (Lipinski definition) is 6. The number of aromatic nitrogens is 2. The molecule has 6 nitrogen and oxygen atoms in total. The highest BCUT2D eigenvalue weighted by Crippen LogP contribution is 2.18. The maximum absolute atomic E-state index is 6.18. The van der Waals surface area contributed by atoms with Crippen LogP contribution < -0.4 is 21.3 Å². The summed E-state index contributed by atoms with van der Waals surface area (Å²) in [4.78, 5) is 8.85. The summed E-state index contributed by atoms with van der Waals surface area (Å²) >= 11 is 6.18. The van der Waals surface area contributed by atoms with Crippen LogP contribution >= 0.6 is 11.6 Å². The zero-order valence-corrected chi connectivity index (χ0v) is 18.6. The van der Waals surface area contributed by atoms with Crippen molar-refractivity contribution in [3.63, 3.8) is 0 Å². The molecule has 1 aromatic heterocycles. The smallest absolute Gasteiger partial charge is 0.226 e. The Balaban J connectivity index is 1.28. The molecule has 3 rings (SSSR count). The highest BCUT2D eigenvalue weighted by Gasteiger charge is 2.12. The van der Waals surface area contributed by atoms with Gasteiger partial charge >= 0.3 is 0 Å². The molecular weight excluding hydrogens is 384 g/mol. The van der Waals surface area contributed by atoms with E-state index in [1.807, 2.05) is 0 Å². The van der Waals surface area contributed by atoms with E-state index in [1.54, 1.807) is 6.07 Å². The summed E-state index contributed by atoms with van der Waals surface area (Å²) in [5, 5.41) is 14.5. The van der Waals surface area contributed by atoms with Crippen LogP contribution in [0.2, 0.25) is 5.15 Å². The Bertz CT molecular complexity index is 526. The van der Waals surface area contributed by atoms with Crippen molar-refractivity contribution in [1.82, 2.24) is 20.6 Å². The first-order valence-electron chi connectivity index (χ1n) is 11.8. The zero-order valence-electron chi connectivity index (χ0n) is 17.8. The number of nitrogens with zero attached hydrogens (tertiary/aromatic N) is 2. The predicted molar refractivity (Wildman–Crippen MR) is 123 cm³/mol. The molecule has 164 valence electrons. The molecule has 0 radical (unpaired) electrons. The lowest BCUT2D eigenvalue weighted by molar-refractivity contribution is 0.373. The third kappa shape index (κ3) is 9.06. The topological polar surface area (TPSA) is 73.9 Å². The van der Waals surface area contributed by atoms with Gasteiger partial charge in [-0.25, -0.2) is 4.98 Å². The largest absolute Gasteiger partial charge is 0.370 e. The summed E-state index contributed by atoms with van der Waals surface area (Å²) < 4.78 is 0. The number of nitrogens with one attached hydrogen (secondary N) is 4. The van der Waals surface area contributed by atoms with E-state index in [2.05, 4.69) is 31.2 Å². The second kappa shape index (κ2) is 13.2. The monoisotopic (exact) mass is 422 g/mol. The standard InChI is InChI=1S/C22H39ClN6/c23-20-17-21(26-15-7-13-24-18-9-3-1-4-10-18)29-22(28-20)27-16-8-14-25-19-11-5-2-6-12-19/h17-19,24-25H,1-16H2,(H2,26,27,28,29). The summed E-state index contributed by atoms with van der Waals surface area (Å²) in [6.07, 6.45) is 15.8. The van der Waals surface area contributed by atoms with Crippen molar-refractivity contribution >= 4 is 23.4 Å². The molecule has 2 aliphatic rings. The van der Waals surface area contributed by atoms with Gasteiger partial charge in [-0.2, -0.15) is 4.98 Å². The van der Waals surface area contributed by atoms with E-state index in [4.69, 9.17) is 11.6 Å². The van der Waals surface area contributed by atoms with E-state index in [9.17, 15) is 0 Å². The second-order valence-electron chi connectivity index (χ2n) is 8.54. The summed E-state index contributed by atoms with van der Waals surface area (Å²) in [7, 11) is 0. The van der Waals surface area contributed by atoms with E-state index in [1.165, 1.54) is 64.2 Å². The van der Waals surface area contributed by atoms with Crippen molar-refractivity contribution in [3.05, 3.63) is 11.2 Å². The van der Waals surface area contributed by atoms with Gasteiger partial charge in [-0.15, -0.1) is 0 Å². The Morgan fingerprint density at radius 1 is 0.724 bits per heavy atom. The third-order valence-electron chi connectivity index (χ3n) is 6.07. The first kappa shape index (κ1) is 22.6. The van der Waals surface area contributed by atoms with Crippen molar-refractivity contribution in [2.75, 3.05) is 36.8 Å². The first-order chi connectivity index (χ1) is 14.3. The van der Waals surface area contributed by atoms with Gasteiger partial charge in [0.1, 0.15) is 11.0 Å². The molecule has 29 heavy (non-hydrogen) atoms. The normalized spacial score (nSPS) is 18.7. The Kier molecular flexibility index (Phi) is 10.3. The Morgan fingerprint density at radius 2 is 1.28 bits per heavy atom. The molecule has 0 spiro atoms. The lowest BCUT2D eigenvalue weighted by atomic mass is 9.95. The van der Waals surface area contributed by atoms with Gasteiger partial charge in [-0.1, -0.05) is 50.1 Å². The molecule has 4 N–H and O–H groups in total. The van der Waals surface area contributed by atoms with Gasteiger partial charge in [0.2, 0.25) is 5.95 Å². The number of hydrogen-bond donors (Lipinski definition) is 4. The van der Waals surface area contributed by atoms with Crippen molar-refractivity contribution in [3.8, 4) is 0 Å². The van der Waals surface area contributed by atoms with Gasteiger partial charge in [0.05, 0.1) is 0 Å². The third-order valence-corrected chi connectivity index (χ3v) is 6.26. The first-order valence-corrected chi connectivity index (χ1v) is 12.2. The predicted octanol–water partition coefficient (Wildman–Crippen LogP) is 4.58. The average molecular weight is 423 g/mol. The molecule has 1 heterocycles. The molecule has 0 unspecified atom stereocenters. The minimum absolute atomic E-state index is 0.477. The van der Waals surface area contributed by atoms with Crippen molar-refractivity contribution in [2.24, 2.45) is 0 Å². The fraction of sp³-hybridized carbons (Fsp3) is 0.818. The van der Waals surface area contributed by atoms with E-state index in [0.29, 0.717) is 11.1 Å². The van der Waals surface area contributed by atoms with E-state index < -0.39 is 0 Å². The molecule has 0 bridgehead atoms. The van der Waals surface area contributed by atoms with Crippen LogP contribution in [-0.4, -0.2) is 48.2 Å². The maximum Gasteiger partial charge on any atom is 0.226 e. The molecule has 1 aromatic rings. The number of anilines is 2. The van der Waals surface area contributed by atoms with Gasteiger partial charge in [0.15, 0.2) is 0 Å². The summed E-state index contributed by atoms with van der Waals surface area (Å²) in [5.41, 5.74) is 0. The van der Waals surface area contributed by atoms with Crippen LogP contribution in [0.15, 0.2) is 6.07 Å². The minimum Gasteiger partial charge on any atom is -0.370 e. The molecule has 0 aromatic carbocycles. The maximum atomic E-state index is 6.18. The quantitative estimate of drug-likeness (QED) is 0.292. The minimum atomic E-state index is 0.477. The second-order valence-corrected chi connectivity index (χ2v) is 8.93. The molecule has 0 amide bonds. The molecule has 2 fully saturated rings. The van der Waals surface area contributed by atoms with Crippen LogP contribution in [0, 0.1) is 0 Å². The SMILES string of the molecule is Clc1cc(NCCCNC2CCCCC2)nc(NCCCNC2CCCCC2)n1. The van der Waals surface area contributed by atoms with Crippen molar-refractivity contribution < 1.29 is 0 Å². The summed E-state index contributed by atoms with van der Waals surface area (Å²) in [6.45, 7) is 3.83. The molecule has 0 atom stereocenters. The van der Waals surface area contributed by atoms with Gasteiger partial charge in [-0.3, -0.25) is 0 Å². The van der Waals surface area contributed by atoms with Crippen LogP contribution in [-0.2, 0) is 0 Å². The van der Waals surface area contributed by atoms with Crippen LogP contribution in [0.4, 0.5) is 11.8 Å². The lowest BCUT2D eigenvalue weighted by Gasteiger charge is -2.22. The van der Waals surface area contributed by atoms with Crippen LogP contribution in [0.3, 0.4) is 0 Å². The summed E-state index contributed by atoms with van der Waals surface area (Å²) in [5.74, 6) is 1.41. The van der Waals surface area contributed by atoms with Crippen LogP contribution in [0.25, 0.3) is 0 Å². The van der Waals surface area contributed by atoms with Crippen molar-refractivity contribution in [2.45, 2.75) is 89.1 Å². The molecule has 0 saturated heterocycles. The van der Waals surface area contributed by atoms with Crippen molar-refractivity contribution in [1.29, 1.82) is 0 Å². The fourth-order valence-corrected chi connectivity index (χ4v) is 4.59. The van der Waals surface area contributed by atoms with E-state index in [-0.39, 0.29) is 0 Å². The lowest BCUT2D eigenvalue weighted by Crippen LogP contribution is -2.32. The van der Waals surface area contributed by atoms with Gasteiger partial charge in [0, 0.05) is 31.2 Å². The average Bonchev–Trinajstić information content (AvgIpc) is 2.74. The van der Waals surface area contributed by atoms with Gasteiger partial charge in [-0.05, 0) is 51.6 Å². The highest BCUT2D eigenvalue weighted by atomic mass is 35.5. The molecular formula is C22H39ClN6. The van der Waals surface area contributed by atoms with Crippen LogP contribution in [0.1, 0.15) is 77.0 Å². The Morgan fingerprint density at radius 3 is 1.86 bits per heavy atom. The molecule has 2 aliphatic carbocycles. The van der Waals surface area contributed by atoms with Gasteiger partial charge < -0.3 is 21.3 Å². The fourth-order valence-electron chi connectivity index (χ4n) is 4.41. The van der Waals surface area contributed by atoms with Crippen LogP contribution in [0.5, 0.6) is 0 Å². The summed E-state index contributed by atoms with van der Waals surface area (Å²) in [6, 6.07) is 3.24. The molecule has 2 saturated carbocycles. The molecule has 7 heteroatoms. The number of rotatable bonds is 12. The zero-order chi connectivity index (χ0) is 20.2. The highest BCUT2D eigenvalue weighted by molar-refractivity contribution is 6.29. The van der Waals surface area contributed by atoms with Gasteiger partial charge in [0.25, 0.3) is 0 Å². The van der Waals surface area contributed by atoms with E-state index >= 15 is 0 Å². The molecule has 0 aliphatic heterocycles. The Hall–Kier alpha value is -1.11. The van der Waals surface area contributed by atoms with E-state index in [0.717, 1.165) is 56.9 Å². The number of halogens is 1.